The standard InChI is InChI=1S/C17H22N2O4S2/c1-11(2)10-25(21,22)15-7-5-4-6-13(15)9-23-16(20)14-8-18-17(24)19-12(14)3/h4-7,11H,8-10H2,1-3H3,(H2,18,19,24). The van der Waals surface area contributed by atoms with Crippen LogP contribution in [0, 0.1) is 5.92 Å². The van der Waals surface area contributed by atoms with Crippen LogP contribution in [0.5, 0.6) is 0 Å². The van der Waals surface area contributed by atoms with Crippen LogP contribution in [-0.4, -0.2) is 31.8 Å². The van der Waals surface area contributed by atoms with Gasteiger partial charge in [0.15, 0.2) is 14.9 Å². The van der Waals surface area contributed by atoms with Crippen LogP contribution < -0.4 is 10.6 Å². The number of allylic oxidation sites excluding steroid dienone is 1. The molecule has 1 aromatic rings. The van der Waals surface area contributed by atoms with E-state index in [1.165, 1.54) is 0 Å². The zero-order valence-electron chi connectivity index (χ0n) is 14.5. The molecule has 0 bridgehead atoms. The molecule has 2 rings (SSSR count). The monoisotopic (exact) mass is 382 g/mol. The Hall–Kier alpha value is -1.93. The van der Waals surface area contributed by atoms with Crippen molar-refractivity contribution in [2.75, 3.05) is 12.3 Å². The first-order valence-electron chi connectivity index (χ1n) is 7.93. The Labute approximate surface area is 153 Å². The lowest BCUT2D eigenvalue weighted by Gasteiger charge is -2.21. The van der Waals surface area contributed by atoms with Gasteiger partial charge in [0.1, 0.15) is 6.61 Å². The highest BCUT2D eigenvalue weighted by Gasteiger charge is 2.23. The normalized spacial score (nSPS) is 15.0. The van der Waals surface area contributed by atoms with Gasteiger partial charge in [0.25, 0.3) is 0 Å². The second kappa shape index (κ2) is 7.97. The maximum Gasteiger partial charge on any atom is 0.337 e. The molecular weight excluding hydrogens is 360 g/mol. The molecule has 0 saturated carbocycles. The van der Waals surface area contributed by atoms with E-state index < -0.39 is 15.8 Å². The number of rotatable bonds is 6. The third-order valence-electron chi connectivity index (χ3n) is 3.65. The van der Waals surface area contributed by atoms with E-state index in [9.17, 15) is 13.2 Å². The van der Waals surface area contributed by atoms with Gasteiger partial charge in [0.2, 0.25) is 0 Å². The van der Waals surface area contributed by atoms with Crippen LogP contribution in [0.1, 0.15) is 26.3 Å². The van der Waals surface area contributed by atoms with E-state index in [-0.39, 0.29) is 29.7 Å². The molecule has 2 N–H and O–H groups in total. The number of esters is 1. The number of thiocarbonyl (C=S) groups is 1. The van der Waals surface area contributed by atoms with Crippen LogP contribution in [0.2, 0.25) is 0 Å². The summed E-state index contributed by atoms with van der Waals surface area (Å²) in [6.45, 7) is 5.62. The van der Waals surface area contributed by atoms with Gasteiger partial charge in [-0.25, -0.2) is 13.2 Å². The van der Waals surface area contributed by atoms with Crippen molar-refractivity contribution in [3.63, 3.8) is 0 Å². The van der Waals surface area contributed by atoms with E-state index in [1.807, 2.05) is 13.8 Å². The fourth-order valence-electron chi connectivity index (χ4n) is 2.50. The highest BCUT2D eigenvalue weighted by Crippen LogP contribution is 2.20. The van der Waals surface area contributed by atoms with Crippen molar-refractivity contribution in [2.45, 2.75) is 32.3 Å². The number of carbonyl (C=O) groups excluding carboxylic acids is 1. The van der Waals surface area contributed by atoms with Gasteiger partial charge in [0.05, 0.1) is 22.8 Å². The zero-order chi connectivity index (χ0) is 18.6. The van der Waals surface area contributed by atoms with E-state index in [0.717, 1.165) is 0 Å². The summed E-state index contributed by atoms with van der Waals surface area (Å²) in [5.41, 5.74) is 1.55. The lowest BCUT2D eigenvalue weighted by molar-refractivity contribution is -0.140. The Morgan fingerprint density at radius 3 is 2.64 bits per heavy atom. The highest BCUT2D eigenvalue weighted by molar-refractivity contribution is 7.91. The number of hydrogen-bond acceptors (Lipinski definition) is 5. The average Bonchev–Trinajstić information content (AvgIpc) is 2.51. The summed E-state index contributed by atoms with van der Waals surface area (Å²) in [7, 11) is -3.43. The van der Waals surface area contributed by atoms with Gasteiger partial charge in [-0.1, -0.05) is 32.0 Å². The number of sulfone groups is 1. The summed E-state index contributed by atoms with van der Waals surface area (Å²) in [5.74, 6) is -0.444. The molecule has 0 unspecified atom stereocenters. The van der Waals surface area contributed by atoms with E-state index >= 15 is 0 Å². The lowest BCUT2D eigenvalue weighted by Crippen LogP contribution is -2.42. The minimum Gasteiger partial charge on any atom is -0.457 e. The molecule has 136 valence electrons. The molecule has 0 fully saturated rings. The van der Waals surface area contributed by atoms with Crippen molar-refractivity contribution < 1.29 is 17.9 Å². The molecule has 1 heterocycles. The van der Waals surface area contributed by atoms with Crippen molar-refractivity contribution in [3.8, 4) is 0 Å². The molecule has 8 heteroatoms. The predicted molar refractivity (Wildman–Crippen MR) is 99.6 cm³/mol. The summed E-state index contributed by atoms with van der Waals surface area (Å²) >= 11 is 4.98. The number of hydrogen-bond donors (Lipinski definition) is 2. The first-order chi connectivity index (χ1) is 11.7. The van der Waals surface area contributed by atoms with Crippen LogP contribution in [0.4, 0.5) is 0 Å². The van der Waals surface area contributed by atoms with Crippen molar-refractivity contribution in [2.24, 2.45) is 5.92 Å². The molecule has 0 atom stereocenters. The number of benzene rings is 1. The summed E-state index contributed by atoms with van der Waals surface area (Å²) in [6.07, 6.45) is 0. The predicted octanol–water partition coefficient (Wildman–Crippen LogP) is 1.91. The van der Waals surface area contributed by atoms with Crippen molar-refractivity contribution in [3.05, 3.63) is 41.1 Å². The van der Waals surface area contributed by atoms with Crippen molar-refractivity contribution in [1.29, 1.82) is 0 Å². The van der Waals surface area contributed by atoms with Crippen LogP contribution in [0.25, 0.3) is 0 Å². The Bertz CT molecular complexity index is 814. The van der Waals surface area contributed by atoms with E-state index in [2.05, 4.69) is 10.6 Å². The van der Waals surface area contributed by atoms with Crippen molar-refractivity contribution in [1.82, 2.24) is 10.6 Å². The second-order valence-corrected chi connectivity index (χ2v) is 8.68. The number of nitrogens with one attached hydrogen (secondary N) is 2. The largest absolute Gasteiger partial charge is 0.457 e. The maximum absolute atomic E-state index is 12.5. The zero-order valence-corrected chi connectivity index (χ0v) is 16.1. The Kier molecular flexibility index (Phi) is 6.18. The molecule has 6 nitrogen and oxygen atoms in total. The van der Waals surface area contributed by atoms with Gasteiger partial charge in [0, 0.05) is 11.3 Å². The van der Waals surface area contributed by atoms with Crippen LogP contribution >= 0.6 is 12.2 Å². The Morgan fingerprint density at radius 1 is 1.32 bits per heavy atom. The summed E-state index contributed by atoms with van der Waals surface area (Å²) in [5, 5.41) is 6.19. The van der Waals surface area contributed by atoms with E-state index in [0.29, 0.717) is 21.9 Å². The van der Waals surface area contributed by atoms with Crippen LogP contribution in [0.3, 0.4) is 0 Å². The summed E-state index contributed by atoms with van der Waals surface area (Å²) < 4.78 is 30.4. The number of ether oxygens (including phenoxy) is 1. The number of carbonyl (C=O) groups is 1. The average molecular weight is 383 g/mol. The Morgan fingerprint density at radius 2 is 2.00 bits per heavy atom. The van der Waals surface area contributed by atoms with Gasteiger partial charge in [-0.15, -0.1) is 0 Å². The maximum atomic E-state index is 12.5. The second-order valence-electron chi connectivity index (χ2n) is 6.27. The van der Waals surface area contributed by atoms with E-state index in [4.69, 9.17) is 17.0 Å². The first kappa shape index (κ1) is 19.4. The lowest BCUT2D eigenvalue weighted by atomic mass is 10.2. The SMILES string of the molecule is CC1=C(C(=O)OCc2ccccc2S(=O)(=O)CC(C)C)CNC(=S)N1. The molecule has 0 radical (unpaired) electrons. The molecule has 1 aliphatic heterocycles. The molecule has 1 aliphatic rings. The minimum absolute atomic E-state index is 0.0108. The summed E-state index contributed by atoms with van der Waals surface area (Å²) in [4.78, 5) is 12.5. The third-order valence-corrected chi connectivity index (χ3v) is 6.07. The quantitative estimate of drug-likeness (QED) is 0.574. The highest BCUT2D eigenvalue weighted by atomic mass is 32.2. The molecular formula is C17H22N2O4S2. The third kappa shape index (κ3) is 5.02. The van der Waals surface area contributed by atoms with Crippen LogP contribution in [-0.2, 0) is 26.0 Å². The van der Waals surface area contributed by atoms with Crippen LogP contribution in [0.15, 0.2) is 40.4 Å². The Balaban J connectivity index is 2.16. The van der Waals surface area contributed by atoms with E-state index in [1.54, 1.807) is 31.2 Å². The molecule has 0 spiro atoms. The van der Waals surface area contributed by atoms with Gasteiger partial charge in [-0.2, -0.15) is 0 Å². The molecule has 0 aliphatic carbocycles. The molecule has 0 aromatic heterocycles. The molecule has 25 heavy (non-hydrogen) atoms. The molecule has 0 amide bonds. The van der Waals surface area contributed by atoms with Gasteiger partial charge >= 0.3 is 5.97 Å². The fraction of sp³-hybridized carbons (Fsp3) is 0.412. The summed E-state index contributed by atoms with van der Waals surface area (Å²) in [6, 6.07) is 6.60. The van der Waals surface area contributed by atoms with Crippen molar-refractivity contribution >= 4 is 33.1 Å². The smallest absolute Gasteiger partial charge is 0.337 e. The van der Waals surface area contributed by atoms with Gasteiger partial charge in [-0.05, 0) is 31.1 Å². The van der Waals surface area contributed by atoms with Gasteiger partial charge < -0.3 is 15.4 Å². The molecule has 0 saturated heterocycles. The first-order valence-corrected chi connectivity index (χ1v) is 9.99. The molecule has 1 aromatic carbocycles. The fourth-order valence-corrected chi connectivity index (χ4v) is 4.60. The van der Waals surface area contributed by atoms with Gasteiger partial charge in [-0.3, -0.25) is 0 Å². The minimum atomic E-state index is -3.43. The topological polar surface area (TPSA) is 84.5 Å².